The van der Waals surface area contributed by atoms with Crippen molar-refractivity contribution in [2.45, 2.75) is 48.5 Å². The molecule has 328 valence electrons. The number of nitrogens with zero attached hydrogens (tertiary/aromatic N) is 1. The number of hydrogen-bond donors (Lipinski definition) is 0. The summed E-state index contributed by atoms with van der Waals surface area (Å²) in [6.07, 6.45) is 9.15. The minimum Gasteiger partial charge on any atom is -0.310 e. The molecule has 2 atom stereocenters. The Kier molecular flexibility index (Phi) is 9.96. The summed E-state index contributed by atoms with van der Waals surface area (Å²) in [5.74, 6) is 0.668. The third-order valence-corrected chi connectivity index (χ3v) is 15.3. The number of benzene rings is 10. The Hall–Kier alpha value is -7.74. The smallest absolute Gasteiger partial charge is 0.0494 e. The monoisotopic (exact) mass is 873 g/mol. The lowest BCUT2D eigenvalue weighted by molar-refractivity contribution is 0.631. The molecule has 12 rings (SSSR count). The SMILES string of the molecule is Cc1cc(N(c2cc(C)c(-c3cc4ccccc4c4ccccc34)cc2C)c2cc(C)c(-c3cc4ccccc4c4ccccc34)cc2C)c(C)cc1C1=c2ccccc2=C2C=CC=CC2C1C. The van der Waals surface area contributed by atoms with Gasteiger partial charge in [-0.25, -0.2) is 0 Å². The van der Waals surface area contributed by atoms with E-state index in [2.05, 4.69) is 248 Å². The van der Waals surface area contributed by atoms with Gasteiger partial charge >= 0.3 is 0 Å². The molecule has 1 heteroatoms. The van der Waals surface area contributed by atoms with E-state index < -0.39 is 0 Å². The van der Waals surface area contributed by atoms with Crippen LogP contribution in [0.2, 0.25) is 0 Å². The van der Waals surface area contributed by atoms with Crippen LogP contribution in [0.5, 0.6) is 0 Å². The van der Waals surface area contributed by atoms with Crippen LogP contribution >= 0.6 is 0 Å². The van der Waals surface area contributed by atoms with E-state index in [0.717, 1.165) is 0 Å². The van der Waals surface area contributed by atoms with Gasteiger partial charge in [-0.1, -0.05) is 153 Å². The quantitative estimate of drug-likeness (QED) is 0.151. The van der Waals surface area contributed by atoms with Crippen LogP contribution in [0.3, 0.4) is 0 Å². The first-order valence-corrected chi connectivity index (χ1v) is 24.3. The van der Waals surface area contributed by atoms with Gasteiger partial charge in [0.2, 0.25) is 0 Å². The second-order valence-corrected chi connectivity index (χ2v) is 19.6. The third-order valence-electron chi connectivity index (χ3n) is 15.3. The van der Waals surface area contributed by atoms with E-state index in [4.69, 9.17) is 0 Å². The molecule has 0 heterocycles. The summed E-state index contributed by atoms with van der Waals surface area (Å²) in [4.78, 5) is 2.57. The molecule has 0 fully saturated rings. The first-order chi connectivity index (χ1) is 33.1. The van der Waals surface area contributed by atoms with Crippen molar-refractivity contribution in [3.05, 3.63) is 244 Å². The average molecular weight is 874 g/mol. The Morgan fingerprint density at radius 3 is 1.28 bits per heavy atom. The molecule has 0 aromatic heterocycles. The zero-order chi connectivity index (χ0) is 46.4. The molecule has 0 bridgehead atoms. The van der Waals surface area contributed by atoms with Crippen LogP contribution < -0.4 is 15.3 Å². The van der Waals surface area contributed by atoms with E-state index in [-0.39, 0.29) is 0 Å². The first-order valence-electron chi connectivity index (χ1n) is 24.3. The van der Waals surface area contributed by atoms with Crippen molar-refractivity contribution in [2.75, 3.05) is 4.90 Å². The highest BCUT2D eigenvalue weighted by atomic mass is 15.1. The number of anilines is 3. The van der Waals surface area contributed by atoms with Crippen molar-refractivity contribution in [1.29, 1.82) is 0 Å². The van der Waals surface area contributed by atoms with Gasteiger partial charge in [-0.2, -0.15) is 0 Å². The van der Waals surface area contributed by atoms with Crippen LogP contribution in [-0.2, 0) is 0 Å². The van der Waals surface area contributed by atoms with Crippen molar-refractivity contribution < 1.29 is 0 Å². The Morgan fingerprint density at radius 2 is 0.765 bits per heavy atom. The molecule has 10 aromatic rings. The number of aryl methyl sites for hydroxylation is 6. The van der Waals surface area contributed by atoms with Gasteiger partial charge in [0, 0.05) is 23.0 Å². The largest absolute Gasteiger partial charge is 0.310 e. The topological polar surface area (TPSA) is 3.24 Å². The van der Waals surface area contributed by atoms with E-state index in [1.165, 1.54) is 143 Å². The molecular formula is C67H55N. The van der Waals surface area contributed by atoms with Crippen molar-refractivity contribution in [3.8, 4) is 22.3 Å². The van der Waals surface area contributed by atoms with Gasteiger partial charge in [-0.05, 0) is 222 Å². The molecule has 2 aliphatic rings. The normalized spacial score (nSPS) is 15.4. The maximum Gasteiger partial charge on any atom is 0.0494 e. The predicted octanol–water partition coefficient (Wildman–Crippen LogP) is 16.7. The van der Waals surface area contributed by atoms with Crippen molar-refractivity contribution >= 4 is 71.3 Å². The van der Waals surface area contributed by atoms with E-state index in [9.17, 15) is 0 Å². The van der Waals surface area contributed by atoms with Crippen LogP contribution in [-0.4, -0.2) is 0 Å². The summed E-state index contributed by atoms with van der Waals surface area (Å²) in [6.45, 7) is 16.3. The van der Waals surface area contributed by atoms with Gasteiger partial charge in [-0.3, -0.25) is 0 Å². The summed E-state index contributed by atoms with van der Waals surface area (Å²) < 4.78 is 0. The molecule has 0 radical (unpaired) electrons. The van der Waals surface area contributed by atoms with Gasteiger partial charge in [0.05, 0.1) is 0 Å². The summed E-state index contributed by atoms with van der Waals surface area (Å²) in [6, 6.07) is 64.0. The van der Waals surface area contributed by atoms with E-state index in [0.29, 0.717) is 11.8 Å². The maximum absolute atomic E-state index is 2.57. The highest BCUT2D eigenvalue weighted by Gasteiger charge is 2.30. The second-order valence-electron chi connectivity index (χ2n) is 19.6. The fraction of sp³-hybridized carbons (Fsp3) is 0.134. The van der Waals surface area contributed by atoms with Crippen molar-refractivity contribution in [2.24, 2.45) is 11.8 Å². The van der Waals surface area contributed by atoms with Crippen LogP contribution in [0.1, 0.15) is 45.9 Å². The molecule has 0 N–H and O–H groups in total. The summed E-state index contributed by atoms with van der Waals surface area (Å²) in [5, 5.41) is 13.0. The maximum atomic E-state index is 2.57. The predicted molar refractivity (Wildman–Crippen MR) is 293 cm³/mol. The van der Waals surface area contributed by atoms with E-state index >= 15 is 0 Å². The van der Waals surface area contributed by atoms with E-state index in [1.807, 2.05) is 0 Å². The Labute approximate surface area is 400 Å². The molecule has 2 aliphatic carbocycles. The third kappa shape index (κ3) is 6.59. The number of rotatable bonds is 6. The van der Waals surface area contributed by atoms with Crippen LogP contribution in [0, 0.1) is 53.4 Å². The van der Waals surface area contributed by atoms with Gasteiger partial charge in [0.1, 0.15) is 0 Å². The van der Waals surface area contributed by atoms with Crippen LogP contribution in [0.25, 0.3) is 76.5 Å². The highest BCUT2D eigenvalue weighted by molar-refractivity contribution is 6.15. The molecule has 2 unspecified atom stereocenters. The lowest BCUT2D eigenvalue weighted by atomic mass is 9.72. The molecule has 0 saturated heterocycles. The lowest BCUT2D eigenvalue weighted by Gasteiger charge is -2.34. The molecule has 1 nitrogen and oxygen atoms in total. The summed E-state index contributed by atoms with van der Waals surface area (Å²) in [5.41, 5.74) is 20.4. The zero-order valence-corrected chi connectivity index (χ0v) is 40.1. The molecule has 10 aromatic carbocycles. The minimum absolute atomic E-state index is 0.327. The fourth-order valence-electron chi connectivity index (χ4n) is 12.0. The zero-order valence-electron chi connectivity index (χ0n) is 40.1. The molecule has 0 spiro atoms. The van der Waals surface area contributed by atoms with E-state index in [1.54, 1.807) is 0 Å². The average Bonchev–Trinajstić information content (AvgIpc) is 3.36. The Morgan fingerprint density at radius 1 is 0.353 bits per heavy atom. The number of hydrogen-bond acceptors (Lipinski definition) is 1. The van der Waals surface area contributed by atoms with Crippen molar-refractivity contribution in [1.82, 2.24) is 0 Å². The highest BCUT2D eigenvalue weighted by Crippen LogP contribution is 2.48. The molecule has 68 heavy (non-hydrogen) atoms. The summed E-state index contributed by atoms with van der Waals surface area (Å²) in [7, 11) is 0. The van der Waals surface area contributed by atoms with Crippen LogP contribution in [0.15, 0.2) is 194 Å². The van der Waals surface area contributed by atoms with Gasteiger partial charge in [-0.15, -0.1) is 0 Å². The molecule has 0 amide bonds. The molecule has 0 saturated carbocycles. The molecular weight excluding hydrogens is 819 g/mol. The number of fused-ring (bicyclic) bond motifs is 8. The molecule has 0 aliphatic heterocycles. The van der Waals surface area contributed by atoms with Gasteiger partial charge in [0.25, 0.3) is 0 Å². The van der Waals surface area contributed by atoms with Gasteiger partial charge < -0.3 is 4.90 Å². The number of allylic oxidation sites excluding steroid dienone is 4. The standard InChI is InChI=1S/C67H55N/c1-40-35-64(43(4)32-59(40)62-38-47-20-8-10-23-50(47)53-26-14-16-29-56(53)62)68(65-36-41(2)60(33-44(65)5)63-39-48-21-9-11-24-51(48)54-27-15-17-30-57(54)63)66-37-42(3)61(34-45(66)6)67-46(7)49-22-12-13-25-52(49)55-28-18-19-31-58(55)67/h8-39,46,49H,1-7H3. The first kappa shape index (κ1) is 41.7. The van der Waals surface area contributed by atoms with Crippen LogP contribution in [0.4, 0.5) is 17.1 Å². The second kappa shape index (κ2) is 16.2. The Bertz CT molecular complexity index is 3780. The summed E-state index contributed by atoms with van der Waals surface area (Å²) >= 11 is 0. The lowest BCUT2D eigenvalue weighted by Crippen LogP contribution is -2.39. The van der Waals surface area contributed by atoms with Gasteiger partial charge in [0.15, 0.2) is 0 Å². The fourth-order valence-corrected chi connectivity index (χ4v) is 12.0. The minimum atomic E-state index is 0.327. The Balaban J connectivity index is 1.08. The van der Waals surface area contributed by atoms with Crippen molar-refractivity contribution in [3.63, 3.8) is 0 Å².